The molecule has 0 atom stereocenters. The van der Waals surface area contributed by atoms with E-state index in [1.807, 2.05) is 31.2 Å². The van der Waals surface area contributed by atoms with Gasteiger partial charge in [0, 0.05) is 18.0 Å². The maximum Gasteiger partial charge on any atom is 0.262 e. The molecule has 3 aromatic rings. The van der Waals surface area contributed by atoms with E-state index in [0.29, 0.717) is 17.0 Å². The summed E-state index contributed by atoms with van der Waals surface area (Å²) in [4.78, 5) is 3.92. The number of methoxy groups -OCH3 is 1. The number of nitrogens with one attached hydrogen (secondary N) is 1. The van der Waals surface area contributed by atoms with Crippen LogP contribution in [0.5, 0.6) is 5.75 Å². The van der Waals surface area contributed by atoms with Crippen molar-refractivity contribution in [3.8, 4) is 5.75 Å². The number of thiophene rings is 1. The van der Waals surface area contributed by atoms with Gasteiger partial charge in [-0.05, 0) is 72.7 Å². The molecule has 1 aromatic heterocycles. The summed E-state index contributed by atoms with van der Waals surface area (Å²) in [6.07, 6.45) is 0.977. The number of hydrogen-bond donors (Lipinski definition) is 1. The highest BCUT2D eigenvalue weighted by atomic mass is 32.2. The number of para-hydroxylation sites is 2. The highest BCUT2D eigenvalue weighted by Gasteiger charge is 2.23. The van der Waals surface area contributed by atoms with Crippen molar-refractivity contribution in [2.24, 2.45) is 0 Å². The molecule has 2 aromatic carbocycles. The summed E-state index contributed by atoms with van der Waals surface area (Å²) in [5, 5.41) is 2.12. The van der Waals surface area contributed by atoms with E-state index in [2.05, 4.69) is 21.1 Å². The summed E-state index contributed by atoms with van der Waals surface area (Å²) in [6, 6.07) is 13.2. The summed E-state index contributed by atoms with van der Waals surface area (Å²) < 4.78 is 34.5. The molecule has 0 saturated carbocycles. The monoisotopic (exact) mass is 428 g/mol. The van der Waals surface area contributed by atoms with Crippen molar-refractivity contribution in [3.63, 3.8) is 0 Å². The largest absolute Gasteiger partial charge is 0.496 e. The summed E-state index contributed by atoms with van der Waals surface area (Å²) in [5.74, 6) is 0.682. The molecular weight excluding hydrogens is 404 g/mol. The SMILES string of the molecule is COc1cc(C)c(S(=O)(=O)Nc2ccccc2N2CCc3sccc3C2)cc1C. The Morgan fingerprint density at radius 3 is 2.69 bits per heavy atom. The van der Waals surface area contributed by atoms with Crippen molar-refractivity contribution in [2.75, 3.05) is 23.3 Å². The van der Waals surface area contributed by atoms with Gasteiger partial charge in [0.15, 0.2) is 0 Å². The lowest BCUT2D eigenvalue weighted by atomic mass is 10.1. The second-order valence-electron chi connectivity index (χ2n) is 7.25. The highest BCUT2D eigenvalue weighted by Crippen LogP contribution is 2.34. The van der Waals surface area contributed by atoms with Crippen molar-refractivity contribution >= 4 is 32.7 Å². The minimum atomic E-state index is -3.73. The third-order valence-electron chi connectivity index (χ3n) is 5.28. The van der Waals surface area contributed by atoms with E-state index >= 15 is 0 Å². The van der Waals surface area contributed by atoms with Crippen molar-refractivity contribution in [1.82, 2.24) is 0 Å². The third kappa shape index (κ3) is 3.84. The first kappa shape index (κ1) is 19.8. The average molecular weight is 429 g/mol. The lowest BCUT2D eigenvalue weighted by molar-refractivity contribution is 0.411. The first-order valence-electron chi connectivity index (χ1n) is 9.46. The first-order valence-corrected chi connectivity index (χ1v) is 11.8. The van der Waals surface area contributed by atoms with Gasteiger partial charge < -0.3 is 9.64 Å². The molecule has 0 spiro atoms. The van der Waals surface area contributed by atoms with E-state index in [1.54, 1.807) is 37.5 Å². The van der Waals surface area contributed by atoms with Crippen LogP contribution >= 0.6 is 11.3 Å². The molecule has 0 saturated heterocycles. The standard InChI is InChI=1S/C22H24N2O3S2/c1-15-13-22(16(2)12-20(15)27-3)29(25,26)23-18-6-4-5-7-19(18)24-10-8-21-17(14-24)9-11-28-21/h4-7,9,11-13,23H,8,10,14H2,1-3H3. The lowest BCUT2D eigenvalue weighted by Crippen LogP contribution is -2.30. The van der Waals surface area contributed by atoms with Crippen molar-refractivity contribution in [1.29, 1.82) is 0 Å². The molecule has 1 aliphatic rings. The van der Waals surface area contributed by atoms with Crippen molar-refractivity contribution < 1.29 is 13.2 Å². The van der Waals surface area contributed by atoms with Crippen LogP contribution in [0.25, 0.3) is 0 Å². The van der Waals surface area contributed by atoms with E-state index < -0.39 is 10.0 Å². The van der Waals surface area contributed by atoms with E-state index in [9.17, 15) is 8.42 Å². The first-order chi connectivity index (χ1) is 13.9. The Kier molecular flexibility index (Phi) is 5.27. The Morgan fingerprint density at radius 1 is 1.10 bits per heavy atom. The van der Waals surface area contributed by atoms with Crippen LogP contribution in [0.4, 0.5) is 11.4 Å². The van der Waals surface area contributed by atoms with Crippen LogP contribution in [0.1, 0.15) is 21.6 Å². The number of fused-ring (bicyclic) bond motifs is 1. The molecule has 5 nitrogen and oxygen atoms in total. The molecule has 0 fully saturated rings. The number of nitrogens with zero attached hydrogens (tertiary/aromatic N) is 1. The van der Waals surface area contributed by atoms with E-state index in [4.69, 9.17) is 4.74 Å². The normalized spacial score (nSPS) is 13.8. The molecule has 152 valence electrons. The Morgan fingerprint density at radius 2 is 1.90 bits per heavy atom. The van der Waals surface area contributed by atoms with Crippen molar-refractivity contribution in [2.45, 2.75) is 31.7 Å². The molecule has 7 heteroatoms. The smallest absolute Gasteiger partial charge is 0.262 e. The van der Waals surface area contributed by atoms with Gasteiger partial charge in [0.25, 0.3) is 10.0 Å². The lowest BCUT2D eigenvalue weighted by Gasteiger charge is -2.30. The summed E-state index contributed by atoms with van der Waals surface area (Å²) in [6.45, 7) is 5.29. The van der Waals surface area contributed by atoms with E-state index in [0.717, 1.165) is 30.8 Å². The van der Waals surface area contributed by atoms with Crippen LogP contribution in [-0.4, -0.2) is 22.1 Å². The van der Waals surface area contributed by atoms with Gasteiger partial charge in [-0.1, -0.05) is 12.1 Å². The minimum absolute atomic E-state index is 0.268. The molecule has 0 bridgehead atoms. The number of aryl methyl sites for hydroxylation is 2. The molecule has 29 heavy (non-hydrogen) atoms. The topological polar surface area (TPSA) is 58.6 Å². The van der Waals surface area contributed by atoms with Crippen LogP contribution in [0.15, 0.2) is 52.7 Å². The number of benzene rings is 2. The molecule has 0 aliphatic carbocycles. The van der Waals surface area contributed by atoms with Gasteiger partial charge in [-0.25, -0.2) is 8.42 Å². The molecule has 1 N–H and O–H groups in total. The molecule has 4 rings (SSSR count). The second-order valence-corrected chi connectivity index (χ2v) is 9.90. The zero-order chi connectivity index (χ0) is 20.6. The van der Waals surface area contributed by atoms with Crippen molar-refractivity contribution in [3.05, 3.63) is 69.4 Å². The average Bonchev–Trinajstić information content (AvgIpc) is 3.17. The fraction of sp³-hybridized carbons (Fsp3) is 0.273. The predicted octanol–water partition coefficient (Wildman–Crippen LogP) is 4.74. The number of hydrogen-bond acceptors (Lipinski definition) is 5. The maximum absolute atomic E-state index is 13.2. The second kappa shape index (κ2) is 7.72. The Bertz CT molecular complexity index is 1150. The fourth-order valence-corrected chi connectivity index (χ4v) is 6.04. The molecule has 0 radical (unpaired) electrons. The quantitative estimate of drug-likeness (QED) is 0.638. The van der Waals surface area contributed by atoms with E-state index in [-0.39, 0.29) is 4.90 Å². The summed E-state index contributed by atoms with van der Waals surface area (Å²) in [5.41, 5.74) is 4.25. The number of rotatable bonds is 5. The number of sulfonamides is 1. The Balaban J connectivity index is 1.66. The van der Waals surface area contributed by atoms with Gasteiger partial charge in [0.1, 0.15) is 5.75 Å². The molecule has 1 aliphatic heterocycles. The maximum atomic E-state index is 13.2. The Labute approximate surface area is 176 Å². The number of anilines is 2. The zero-order valence-electron chi connectivity index (χ0n) is 16.7. The van der Waals surface area contributed by atoms with Crippen LogP contribution < -0.4 is 14.4 Å². The van der Waals surface area contributed by atoms with Gasteiger partial charge in [-0.3, -0.25) is 4.72 Å². The molecule has 0 amide bonds. The molecule has 0 unspecified atom stereocenters. The van der Waals surface area contributed by atoms with Crippen LogP contribution in [-0.2, 0) is 23.0 Å². The van der Waals surface area contributed by atoms with Crippen LogP contribution in [0, 0.1) is 13.8 Å². The van der Waals surface area contributed by atoms with Gasteiger partial charge in [-0.15, -0.1) is 11.3 Å². The molecule has 2 heterocycles. The van der Waals surface area contributed by atoms with Gasteiger partial charge in [0.05, 0.1) is 23.4 Å². The van der Waals surface area contributed by atoms with Gasteiger partial charge >= 0.3 is 0 Å². The fourth-order valence-electron chi connectivity index (χ4n) is 3.76. The number of ether oxygens (including phenoxy) is 1. The minimum Gasteiger partial charge on any atom is -0.496 e. The summed E-state index contributed by atoms with van der Waals surface area (Å²) >= 11 is 1.79. The highest BCUT2D eigenvalue weighted by molar-refractivity contribution is 7.92. The van der Waals surface area contributed by atoms with E-state index in [1.165, 1.54) is 10.4 Å². The van der Waals surface area contributed by atoms with Crippen LogP contribution in [0.3, 0.4) is 0 Å². The third-order valence-corrected chi connectivity index (χ3v) is 7.81. The van der Waals surface area contributed by atoms with Gasteiger partial charge in [0.2, 0.25) is 0 Å². The van der Waals surface area contributed by atoms with Gasteiger partial charge in [-0.2, -0.15) is 0 Å². The Hall–Kier alpha value is -2.51. The predicted molar refractivity (Wildman–Crippen MR) is 119 cm³/mol. The van der Waals surface area contributed by atoms with Crippen LogP contribution in [0.2, 0.25) is 0 Å². The zero-order valence-corrected chi connectivity index (χ0v) is 18.4. The molecular formula is C22H24N2O3S2. The summed E-state index contributed by atoms with van der Waals surface area (Å²) in [7, 11) is -2.15.